The van der Waals surface area contributed by atoms with Gasteiger partial charge in [0.2, 0.25) is 0 Å². The first-order valence-electron chi connectivity index (χ1n) is 5.68. The number of ether oxygens (including phenoxy) is 1. The lowest BCUT2D eigenvalue weighted by Gasteiger charge is -2.37. The van der Waals surface area contributed by atoms with Gasteiger partial charge < -0.3 is 20.5 Å². The van der Waals surface area contributed by atoms with Crippen LogP contribution in [-0.4, -0.2) is 42.5 Å². The summed E-state index contributed by atoms with van der Waals surface area (Å²) >= 11 is 8.53. The van der Waals surface area contributed by atoms with E-state index in [2.05, 4.69) is 20.8 Å². The Morgan fingerprint density at radius 1 is 1.61 bits per heavy atom. The number of nitrogens with zero attached hydrogens (tertiary/aromatic N) is 1. The first-order chi connectivity index (χ1) is 8.63. The molecule has 3 N–H and O–H groups in total. The second kappa shape index (κ2) is 5.97. The molecule has 1 aromatic rings. The van der Waals surface area contributed by atoms with Crippen molar-refractivity contribution in [3.63, 3.8) is 0 Å². The highest BCUT2D eigenvalue weighted by Gasteiger charge is 2.25. The molecule has 4 nitrogen and oxygen atoms in total. The minimum Gasteiger partial charge on any atom is -0.394 e. The van der Waals surface area contributed by atoms with Gasteiger partial charge in [-0.2, -0.15) is 0 Å². The fourth-order valence-corrected chi connectivity index (χ4v) is 2.60. The van der Waals surface area contributed by atoms with Crippen LogP contribution in [0, 0.1) is 0 Å². The van der Waals surface area contributed by atoms with Crippen LogP contribution in [0.2, 0.25) is 0 Å². The number of hydrogen-bond donors (Lipinski definition) is 2. The molecular formula is C12H15BrN2O2S. The van der Waals surface area contributed by atoms with Crippen molar-refractivity contribution in [2.24, 2.45) is 5.73 Å². The van der Waals surface area contributed by atoms with Crippen LogP contribution < -0.4 is 10.6 Å². The highest BCUT2D eigenvalue weighted by molar-refractivity contribution is 9.10. The van der Waals surface area contributed by atoms with Crippen LogP contribution in [0.15, 0.2) is 22.7 Å². The zero-order valence-corrected chi connectivity index (χ0v) is 12.2. The summed E-state index contributed by atoms with van der Waals surface area (Å²) in [6, 6.07) is 5.72. The first-order valence-corrected chi connectivity index (χ1v) is 6.88. The molecule has 1 saturated heterocycles. The fraction of sp³-hybridized carbons (Fsp3) is 0.417. The van der Waals surface area contributed by atoms with E-state index >= 15 is 0 Å². The molecule has 0 radical (unpaired) electrons. The molecular weight excluding hydrogens is 316 g/mol. The molecule has 2 rings (SSSR count). The largest absolute Gasteiger partial charge is 0.394 e. The summed E-state index contributed by atoms with van der Waals surface area (Å²) in [5, 5.41) is 9.42. The van der Waals surface area contributed by atoms with Crippen molar-refractivity contribution in [1.82, 2.24) is 0 Å². The van der Waals surface area contributed by atoms with E-state index in [1.165, 1.54) is 0 Å². The summed E-state index contributed by atoms with van der Waals surface area (Å²) < 4.78 is 6.34. The molecule has 1 aliphatic rings. The summed E-state index contributed by atoms with van der Waals surface area (Å²) in [6.45, 7) is 1.92. The molecule has 1 aliphatic heterocycles. The second-order valence-corrected chi connectivity index (χ2v) is 5.49. The first kappa shape index (κ1) is 13.7. The fourth-order valence-electron chi connectivity index (χ4n) is 2.07. The minimum atomic E-state index is -0.0545. The predicted molar refractivity (Wildman–Crippen MR) is 79.1 cm³/mol. The Bertz CT molecular complexity index is 456. The van der Waals surface area contributed by atoms with E-state index in [0.717, 1.165) is 22.3 Å². The minimum absolute atomic E-state index is 0.0449. The van der Waals surface area contributed by atoms with E-state index in [0.29, 0.717) is 18.2 Å². The molecule has 1 aromatic carbocycles. The van der Waals surface area contributed by atoms with Crippen molar-refractivity contribution in [2.75, 3.05) is 31.3 Å². The van der Waals surface area contributed by atoms with E-state index in [4.69, 9.17) is 22.7 Å². The lowest BCUT2D eigenvalue weighted by atomic mass is 10.1. The molecule has 0 amide bonds. The van der Waals surface area contributed by atoms with E-state index in [1.807, 2.05) is 18.2 Å². The van der Waals surface area contributed by atoms with Crippen LogP contribution in [0.25, 0.3) is 0 Å². The number of aliphatic hydroxyl groups is 1. The number of hydrogen-bond acceptors (Lipinski definition) is 4. The molecule has 0 spiro atoms. The Hall–Kier alpha value is -0.690. The Labute approximate surface area is 120 Å². The smallest absolute Gasteiger partial charge is 0.106 e. The highest BCUT2D eigenvalue weighted by Crippen LogP contribution is 2.28. The Balaban J connectivity index is 2.41. The van der Waals surface area contributed by atoms with Gasteiger partial charge in [-0.15, -0.1) is 0 Å². The molecule has 98 valence electrons. The maximum absolute atomic E-state index is 9.42. The van der Waals surface area contributed by atoms with Crippen LogP contribution in [0.4, 0.5) is 5.69 Å². The van der Waals surface area contributed by atoms with Gasteiger partial charge in [-0.05, 0) is 18.2 Å². The van der Waals surface area contributed by atoms with Gasteiger partial charge in [-0.1, -0.05) is 28.1 Å². The van der Waals surface area contributed by atoms with E-state index in [1.54, 1.807) is 0 Å². The quantitative estimate of drug-likeness (QED) is 0.817. The van der Waals surface area contributed by atoms with Crippen LogP contribution in [0.1, 0.15) is 5.56 Å². The van der Waals surface area contributed by atoms with Crippen LogP contribution in [0.5, 0.6) is 0 Å². The SMILES string of the molecule is NC(=S)c1ccc(Br)cc1N1CCOCC1CO. The number of rotatable bonds is 3. The van der Waals surface area contributed by atoms with Crippen molar-refractivity contribution in [3.05, 3.63) is 28.2 Å². The molecule has 1 unspecified atom stereocenters. The number of thiocarbonyl (C=S) groups is 1. The zero-order valence-electron chi connectivity index (χ0n) is 9.80. The lowest BCUT2D eigenvalue weighted by Crippen LogP contribution is -2.48. The standard InChI is InChI=1S/C12H15BrN2O2S/c13-8-1-2-10(12(14)18)11(5-8)15-3-4-17-7-9(15)6-16/h1-2,5,9,16H,3-4,6-7H2,(H2,14,18). The maximum Gasteiger partial charge on any atom is 0.106 e. The monoisotopic (exact) mass is 330 g/mol. The molecule has 1 fully saturated rings. The molecule has 1 atom stereocenters. The van der Waals surface area contributed by atoms with Crippen molar-refractivity contribution in [3.8, 4) is 0 Å². The number of nitrogens with two attached hydrogens (primary N) is 1. The third-order valence-corrected chi connectivity index (χ3v) is 3.69. The number of halogens is 1. The average molecular weight is 331 g/mol. The normalized spacial score (nSPS) is 19.9. The third kappa shape index (κ3) is 2.83. The van der Waals surface area contributed by atoms with Crippen molar-refractivity contribution >= 4 is 38.8 Å². The Kier molecular flexibility index (Phi) is 4.55. The van der Waals surface area contributed by atoms with Crippen molar-refractivity contribution in [1.29, 1.82) is 0 Å². The Morgan fingerprint density at radius 2 is 2.39 bits per heavy atom. The van der Waals surface area contributed by atoms with Gasteiger partial charge in [0.15, 0.2) is 0 Å². The molecule has 0 saturated carbocycles. The second-order valence-electron chi connectivity index (χ2n) is 4.13. The summed E-state index contributed by atoms with van der Waals surface area (Å²) in [5.74, 6) is 0. The van der Waals surface area contributed by atoms with E-state index in [9.17, 15) is 5.11 Å². The lowest BCUT2D eigenvalue weighted by molar-refractivity contribution is 0.0727. The summed E-state index contributed by atoms with van der Waals surface area (Å²) in [6.07, 6.45) is 0. The topological polar surface area (TPSA) is 58.7 Å². The predicted octanol–water partition coefficient (Wildman–Crippen LogP) is 1.28. The third-order valence-electron chi connectivity index (χ3n) is 2.97. The highest BCUT2D eigenvalue weighted by atomic mass is 79.9. The van der Waals surface area contributed by atoms with Gasteiger partial charge in [0.05, 0.1) is 25.9 Å². The molecule has 6 heteroatoms. The van der Waals surface area contributed by atoms with Gasteiger partial charge in [0, 0.05) is 22.3 Å². The van der Waals surface area contributed by atoms with Crippen molar-refractivity contribution in [2.45, 2.75) is 6.04 Å². The van der Waals surface area contributed by atoms with Gasteiger partial charge >= 0.3 is 0 Å². The Morgan fingerprint density at radius 3 is 3.06 bits per heavy atom. The van der Waals surface area contributed by atoms with Gasteiger partial charge in [0.1, 0.15) is 4.99 Å². The summed E-state index contributed by atoms with van der Waals surface area (Å²) in [4.78, 5) is 2.46. The molecule has 0 bridgehead atoms. The molecule has 18 heavy (non-hydrogen) atoms. The van der Waals surface area contributed by atoms with Gasteiger partial charge in [0.25, 0.3) is 0 Å². The number of aliphatic hydroxyl groups excluding tert-OH is 1. The van der Waals surface area contributed by atoms with Gasteiger partial charge in [-0.3, -0.25) is 0 Å². The molecule has 0 aliphatic carbocycles. The van der Waals surface area contributed by atoms with Crippen molar-refractivity contribution < 1.29 is 9.84 Å². The zero-order chi connectivity index (χ0) is 13.1. The van der Waals surface area contributed by atoms with Crippen LogP contribution >= 0.6 is 28.1 Å². The van der Waals surface area contributed by atoms with E-state index < -0.39 is 0 Å². The molecule has 0 aromatic heterocycles. The number of anilines is 1. The maximum atomic E-state index is 9.42. The number of morpholine rings is 1. The van der Waals surface area contributed by atoms with Crippen LogP contribution in [0.3, 0.4) is 0 Å². The summed E-state index contributed by atoms with van der Waals surface area (Å²) in [5.41, 5.74) is 7.53. The average Bonchev–Trinajstić information content (AvgIpc) is 2.38. The number of benzene rings is 1. The molecule has 1 heterocycles. The van der Waals surface area contributed by atoms with E-state index in [-0.39, 0.29) is 12.6 Å². The van der Waals surface area contributed by atoms with Crippen LogP contribution in [-0.2, 0) is 4.74 Å². The summed E-state index contributed by atoms with van der Waals surface area (Å²) in [7, 11) is 0. The van der Waals surface area contributed by atoms with Gasteiger partial charge in [-0.25, -0.2) is 0 Å².